The molecule has 2 atom stereocenters. The van der Waals surface area contributed by atoms with E-state index in [1.807, 2.05) is 29.0 Å². The average molecular weight is 272 g/mol. The van der Waals surface area contributed by atoms with Crippen LogP contribution in [0.2, 0.25) is 0 Å². The molecule has 0 radical (unpaired) electrons. The van der Waals surface area contributed by atoms with Gasteiger partial charge in [-0.3, -0.25) is 0 Å². The van der Waals surface area contributed by atoms with E-state index in [2.05, 4.69) is 18.0 Å². The molecule has 20 heavy (non-hydrogen) atoms. The van der Waals surface area contributed by atoms with Crippen LogP contribution in [0.5, 0.6) is 5.75 Å². The van der Waals surface area contributed by atoms with Gasteiger partial charge in [0.05, 0.1) is 6.61 Å². The number of aliphatic hydroxyl groups is 1. The molecule has 3 rings (SSSR count). The first-order chi connectivity index (χ1) is 9.79. The third-order valence-electron chi connectivity index (χ3n) is 3.83. The summed E-state index contributed by atoms with van der Waals surface area (Å²) >= 11 is 0. The number of para-hydroxylation sites is 1. The van der Waals surface area contributed by atoms with Crippen LogP contribution in [-0.2, 0) is 13.0 Å². The van der Waals surface area contributed by atoms with E-state index in [0.717, 1.165) is 36.5 Å². The summed E-state index contributed by atoms with van der Waals surface area (Å²) in [6.07, 6.45) is 4.96. The van der Waals surface area contributed by atoms with Gasteiger partial charge in [-0.1, -0.05) is 25.1 Å². The normalized spacial score (nSPS) is 19.2. The number of hydrogen-bond acceptors (Lipinski definition) is 3. The van der Waals surface area contributed by atoms with Gasteiger partial charge in [0.1, 0.15) is 17.7 Å². The van der Waals surface area contributed by atoms with Crippen molar-refractivity contribution in [2.24, 2.45) is 5.92 Å². The van der Waals surface area contributed by atoms with E-state index in [9.17, 15) is 5.11 Å². The summed E-state index contributed by atoms with van der Waals surface area (Å²) < 4.78 is 7.79. The highest BCUT2D eigenvalue weighted by Crippen LogP contribution is 2.33. The molecule has 106 valence electrons. The van der Waals surface area contributed by atoms with Crippen molar-refractivity contribution in [2.75, 3.05) is 6.61 Å². The monoisotopic (exact) mass is 272 g/mol. The standard InChI is InChI=1S/C16H20N2O2/c1-2-8-18-9-7-17-16(18)15(19)13-10-12-5-3-4-6-14(12)20-11-13/h3-7,9,13,15,19H,2,8,10-11H2,1H3. The predicted molar refractivity (Wildman–Crippen MR) is 76.6 cm³/mol. The lowest BCUT2D eigenvalue weighted by Gasteiger charge is -2.28. The molecule has 4 nitrogen and oxygen atoms in total. The number of aromatic nitrogens is 2. The number of fused-ring (bicyclic) bond motifs is 1. The fraction of sp³-hybridized carbons (Fsp3) is 0.438. The van der Waals surface area contributed by atoms with Gasteiger partial charge in [0, 0.05) is 24.9 Å². The maximum Gasteiger partial charge on any atom is 0.138 e. The van der Waals surface area contributed by atoms with Crippen molar-refractivity contribution in [3.05, 3.63) is 48.0 Å². The second-order valence-electron chi connectivity index (χ2n) is 5.31. The van der Waals surface area contributed by atoms with Crippen LogP contribution >= 0.6 is 0 Å². The highest BCUT2D eigenvalue weighted by atomic mass is 16.5. The Morgan fingerprint density at radius 1 is 1.45 bits per heavy atom. The van der Waals surface area contributed by atoms with E-state index < -0.39 is 6.10 Å². The van der Waals surface area contributed by atoms with Gasteiger partial charge in [-0.2, -0.15) is 0 Å². The minimum atomic E-state index is -0.579. The van der Waals surface area contributed by atoms with E-state index in [0.29, 0.717) is 6.61 Å². The van der Waals surface area contributed by atoms with Crippen molar-refractivity contribution < 1.29 is 9.84 Å². The third-order valence-corrected chi connectivity index (χ3v) is 3.83. The molecule has 1 aromatic carbocycles. The van der Waals surface area contributed by atoms with Crippen molar-refractivity contribution in [1.82, 2.24) is 9.55 Å². The van der Waals surface area contributed by atoms with E-state index in [-0.39, 0.29) is 5.92 Å². The number of ether oxygens (including phenoxy) is 1. The minimum Gasteiger partial charge on any atom is -0.493 e. The van der Waals surface area contributed by atoms with Crippen LogP contribution < -0.4 is 4.74 Å². The first-order valence-corrected chi connectivity index (χ1v) is 7.19. The Kier molecular flexibility index (Phi) is 3.74. The van der Waals surface area contributed by atoms with Gasteiger partial charge in [0.15, 0.2) is 0 Å². The molecule has 2 unspecified atom stereocenters. The van der Waals surface area contributed by atoms with Gasteiger partial charge >= 0.3 is 0 Å². The van der Waals surface area contributed by atoms with Crippen LogP contribution in [0.1, 0.15) is 30.8 Å². The van der Waals surface area contributed by atoms with Gasteiger partial charge in [-0.15, -0.1) is 0 Å². The van der Waals surface area contributed by atoms with Gasteiger partial charge in [-0.25, -0.2) is 4.98 Å². The first-order valence-electron chi connectivity index (χ1n) is 7.19. The third kappa shape index (κ3) is 2.43. The molecule has 0 fully saturated rings. The molecule has 1 N–H and O–H groups in total. The predicted octanol–water partition coefficient (Wildman–Crippen LogP) is 2.58. The summed E-state index contributed by atoms with van der Waals surface area (Å²) in [5.41, 5.74) is 1.16. The summed E-state index contributed by atoms with van der Waals surface area (Å²) in [5, 5.41) is 10.6. The van der Waals surface area contributed by atoms with Gasteiger partial charge < -0.3 is 14.4 Å². The highest BCUT2D eigenvalue weighted by molar-refractivity contribution is 5.35. The molecule has 0 spiro atoms. The number of rotatable bonds is 4. The Balaban J connectivity index is 1.78. The molecule has 4 heteroatoms. The Bertz CT molecular complexity index is 579. The van der Waals surface area contributed by atoms with Crippen molar-refractivity contribution in [1.29, 1.82) is 0 Å². The van der Waals surface area contributed by atoms with Gasteiger partial charge in [0.2, 0.25) is 0 Å². The van der Waals surface area contributed by atoms with E-state index in [1.165, 1.54) is 0 Å². The smallest absolute Gasteiger partial charge is 0.138 e. The fourth-order valence-electron chi connectivity index (χ4n) is 2.78. The summed E-state index contributed by atoms with van der Waals surface area (Å²) in [6.45, 7) is 3.55. The van der Waals surface area contributed by atoms with Crippen molar-refractivity contribution in [2.45, 2.75) is 32.4 Å². The summed E-state index contributed by atoms with van der Waals surface area (Å²) in [6, 6.07) is 8.03. The van der Waals surface area contributed by atoms with Crippen LogP contribution in [0, 0.1) is 5.92 Å². The highest BCUT2D eigenvalue weighted by Gasteiger charge is 2.29. The lowest BCUT2D eigenvalue weighted by Crippen LogP contribution is -2.28. The summed E-state index contributed by atoms with van der Waals surface area (Å²) in [7, 11) is 0. The Morgan fingerprint density at radius 3 is 3.15 bits per heavy atom. The van der Waals surface area contributed by atoms with Crippen LogP contribution in [0.4, 0.5) is 0 Å². The van der Waals surface area contributed by atoms with E-state index in [1.54, 1.807) is 6.20 Å². The fourth-order valence-corrected chi connectivity index (χ4v) is 2.78. The molecule has 0 amide bonds. The van der Waals surface area contributed by atoms with Crippen LogP contribution in [0.25, 0.3) is 0 Å². The van der Waals surface area contributed by atoms with Crippen molar-refractivity contribution in [3.63, 3.8) is 0 Å². The molecule has 0 bridgehead atoms. The number of benzene rings is 1. The molecule has 2 aromatic rings. The number of aliphatic hydroxyl groups excluding tert-OH is 1. The quantitative estimate of drug-likeness (QED) is 0.930. The van der Waals surface area contributed by atoms with Gasteiger partial charge in [-0.05, 0) is 24.5 Å². The number of nitrogens with zero attached hydrogens (tertiary/aromatic N) is 2. The molecule has 1 aliphatic heterocycles. The topological polar surface area (TPSA) is 47.3 Å². The molecule has 1 aliphatic rings. The molecule has 0 saturated heterocycles. The molecular weight excluding hydrogens is 252 g/mol. The first kappa shape index (κ1) is 13.2. The van der Waals surface area contributed by atoms with Gasteiger partial charge in [0.25, 0.3) is 0 Å². The number of hydrogen-bond donors (Lipinski definition) is 1. The zero-order valence-corrected chi connectivity index (χ0v) is 11.7. The Hall–Kier alpha value is -1.81. The van der Waals surface area contributed by atoms with Crippen LogP contribution in [0.3, 0.4) is 0 Å². The SMILES string of the molecule is CCCn1ccnc1C(O)C1COc2ccccc2C1. The lowest BCUT2D eigenvalue weighted by molar-refractivity contribution is 0.0554. The number of aryl methyl sites for hydroxylation is 1. The van der Waals surface area contributed by atoms with Crippen LogP contribution in [0.15, 0.2) is 36.7 Å². The maximum atomic E-state index is 10.6. The Morgan fingerprint density at radius 2 is 2.30 bits per heavy atom. The minimum absolute atomic E-state index is 0.0582. The molecule has 0 saturated carbocycles. The zero-order chi connectivity index (χ0) is 13.9. The van der Waals surface area contributed by atoms with E-state index >= 15 is 0 Å². The summed E-state index contributed by atoms with van der Waals surface area (Å²) in [4.78, 5) is 4.32. The van der Waals surface area contributed by atoms with Crippen molar-refractivity contribution in [3.8, 4) is 5.75 Å². The summed E-state index contributed by atoms with van der Waals surface area (Å²) in [5.74, 6) is 1.75. The molecule has 1 aromatic heterocycles. The largest absolute Gasteiger partial charge is 0.493 e. The van der Waals surface area contributed by atoms with Crippen LogP contribution in [-0.4, -0.2) is 21.3 Å². The van der Waals surface area contributed by atoms with Crippen molar-refractivity contribution >= 4 is 0 Å². The second kappa shape index (κ2) is 5.67. The molecular formula is C16H20N2O2. The Labute approximate surface area is 119 Å². The molecule has 2 heterocycles. The lowest BCUT2D eigenvalue weighted by atomic mass is 9.91. The second-order valence-corrected chi connectivity index (χ2v) is 5.31. The average Bonchev–Trinajstić information content (AvgIpc) is 2.94. The zero-order valence-electron chi connectivity index (χ0n) is 11.7. The van der Waals surface area contributed by atoms with E-state index in [4.69, 9.17) is 4.74 Å². The molecule has 0 aliphatic carbocycles. The maximum absolute atomic E-state index is 10.6. The number of imidazole rings is 1.